The zero-order chi connectivity index (χ0) is 20.8. The topological polar surface area (TPSA) is 108 Å². The average Bonchev–Trinajstić information content (AvgIpc) is 3.01. The van der Waals surface area contributed by atoms with Crippen molar-refractivity contribution in [3.05, 3.63) is 54.1 Å². The molecule has 1 atom stereocenters. The molecule has 0 aliphatic carbocycles. The molecule has 2 aromatic rings. The summed E-state index contributed by atoms with van der Waals surface area (Å²) in [6.07, 6.45) is 0.987. The molecule has 1 aliphatic rings. The minimum atomic E-state index is -0.729. The largest absolute Gasteiger partial charge is 0.508 e. The van der Waals surface area contributed by atoms with Crippen LogP contribution in [0.1, 0.15) is 18.4 Å². The average molecular weight is 397 g/mol. The van der Waals surface area contributed by atoms with Crippen LogP contribution in [0.3, 0.4) is 0 Å². The Hall–Kier alpha value is -3.55. The molecule has 3 N–H and O–H groups in total. The van der Waals surface area contributed by atoms with Crippen LogP contribution in [0.5, 0.6) is 11.5 Å². The first kappa shape index (κ1) is 20.2. The first-order chi connectivity index (χ1) is 14.0. The molecule has 0 radical (unpaired) electrons. The number of carbonyl (C=O) groups excluding carboxylic acids is 3. The van der Waals surface area contributed by atoms with Crippen molar-refractivity contribution in [2.45, 2.75) is 25.3 Å². The maximum atomic E-state index is 12.6. The number of phenolic OH excluding ortho intramolecular Hbond substituents is 1. The molecule has 0 saturated carbocycles. The zero-order valence-electron chi connectivity index (χ0n) is 16.1. The summed E-state index contributed by atoms with van der Waals surface area (Å²) in [4.78, 5) is 37.9. The maximum Gasteiger partial charge on any atom is 0.329 e. The fourth-order valence-corrected chi connectivity index (χ4v) is 3.08. The van der Waals surface area contributed by atoms with Crippen molar-refractivity contribution in [1.82, 2.24) is 10.6 Å². The molecule has 1 heterocycles. The molecule has 1 aliphatic heterocycles. The summed E-state index contributed by atoms with van der Waals surface area (Å²) in [6, 6.07) is 12.2. The fraction of sp³-hybridized carbons (Fsp3) is 0.286. The lowest BCUT2D eigenvalue weighted by Crippen LogP contribution is -2.33. The van der Waals surface area contributed by atoms with E-state index >= 15 is 0 Å². The summed E-state index contributed by atoms with van der Waals surface area (Å²) in [5, 5.41) is 14.7. The predicted molar refractivity (Wildman–Crippen MR) is 107 cm³/mol. The normalized spacial score (nSPS) is 15.9. The molecule has 8 nitrogen and oxygen atoms in total. The number of urea groups is 1. The molecule has 0 unspecified atom stereocenters. The van der Waals surface area contributed by atoms with Gasteiger partial charge in [-0.3, -0.25) is 9.59 Å². The zero-order valence-corrected chi connectivity index (χ0v) is 16.1. The molecule has 4 amide bonds. The van der Waals surface area contributed by atoms with Crippen LogP contribution < -0.4 is 20.3 Å². The van der Waals surface area contributed by atoms with Gasteiger partial charge in [-0.15, -0.1) is 0 Å². The number of imide groups is 1. The van der Waals surface area contributed by atoms with E-state index in [1.807, 2.05) is 0 Å². The Balaban J connectivity index is 1.46. The summed E-state index contributed by atoms with van der Waals surface area (Å²) in [6.45, 7) is 0.451. The number of ether oxygens (including phenoxy) is 1. The van der Waals surface area contributed by atoms with Crippen LogP contribution in [0.15, 0.2) is 48.5 Å². The van der Waals surface area contributed by atoms with E-state index in [-0.39, 0.29) is 30.4 Å². The van der Waals surface area contributed by atoms with Crippen molar-refractivity contribution in [1.29, 1.82) is 0 Å². The lowest BCUT2D eigenvalue weighted by Gasteiger charge is -2.13. The van der Waals surface area contributed by atoms with Gasteiger partial charge < -0.3 is 20.5 Å². The van der Waals surface area contributed by atoms with E-state index in [9.17, 15) is 19.5 Å². The Bertz CT molecular complexity index is 880. The van der Waals surface area contributed by atoms with Gasteiger partial charge in [0, 0.05) is 13.0 Å². The molecule has 1 saturated heterocycles. The van der Waals surface area contributed by atoms with E-state index in [1.165, 1.54) is 7.11 Å². The third-order valence-electron chi connectivity index (χ3n) is 4.68. The molecule has 3 rings (SSSR count). The third-order valence-corrected chi connectivity index (χ3v) is 4.68. The number of nitrogens with zero attached hydrogens (tertiary/aromatic N) is 1. The highest BCUT2D eigenvalue weighted by atomic mass is 16.5. The van der Waals surface area contributed by atoms with Crippen molar-refractivity contribution in [3.63, 3.8) is 0 Å². The number of phenols is 1. The molecule has 8 heteroatoms. The Kier molecular flexibility index (Phi) is 6.33. The van der Waals surface area contributed by atoms with E-state index in [2.05, 4.69) is 10.6 Å². The SMILES string of the molecule is COc1ccc(N2C(=O)N[C@H](CCC(=O)NCCc3ccc(O)cc3)C2=O)cc1. The second-order valence-corrected chi connectivity index (χ2v) is 6.68. The summed E-state index contributed by atoms with van der Waals surface area (Å²) in [7, 11) is 1.54. The number of carbonyl (C=O) groups is 3. The van der Waals surface area contributed by atoms with Gasteiger partial charge in [0.15, 0.2) is 0 Å². The van der Waals surface area contributed by atoms with Crippen LogP contribution in [0, 0.1) is 0 Å². The van der Waals surface area contributed by atoms with Crippen molar-refractivity contribution in [2.75, 3.05) is 18.6 Å². The van der Waals surface area contributed by atoms with Crippen LogP contribution >= 0.6 is 0 Å². The second kappa shape index (κ2) is 9.09. The first-order valence-corrected chi connectivity index (χ1v) is 9.31. The van der Waals surface area contributed by atoms with Crippen molar-refractivity contribution < 1.29 is 24.2 Å². The molecule has 1 fully saturated rings. The summed E-state index contributed by atoms with van der Waals surface area (Å²) in [5.41, 5.74) is 1.45. The minimum absolute atomic E-state index is 0.128. The number of anilines is 1. The molecular formula is C21H23N3O5. The molecule has 2 aromatic carbocycles. The van der Waals surface area contributed by atoms with Gasteiger partial charge in [0.25, 0.3) is 5.91 Å². The van der Waals surface area contributed by atoms with Crippen LogP contribution in [0.25, 0.3) is 0 Å². The minimum Gasteiger partial charge on any atom is -0.508 e. The second-order valence-electron chi connectivity index (χ2n) is 6.68. The number of benzene rings is 2. The number of amides is 4. The summed E-state index contributed by atoms with van der Waals surface area (Å²) < 4.78 is 5.08. The molecule has 29 heavy (non-hydrogen) atoms. The number of methoxy groups -OCH3 is 1. The van der Waals surface area contributed by atoms with Gasteiger partial charge in [0.1, 0.15) is 17.5 Å². The lowest BCUT2D eigenvalue weighted by molar-refractivity contribution is -0.121. The number of nitrogens with one attached hydrogen (secondary N) is 2. The van der Waals surface area contributed by atoms with Gasteiger partial charge in [0.05, 0.1) is 12.8 Å². The highest BCUT2D eigenvalue weighted by Gasteiger charge is 2.38. The molecule has 152 valence electrons. The Labute approximate surface area is 168 Å². The van der Waals surface area contributed by atoms with Gasteiger partial charge in [-0.2, -0.15) is 0 Å². The maximum absolute atomic E-state index is 12.6. The Morgan fingerprint density at radius 1 is 1.14 bits per heavy atom. The predicted octanol–water partition coefficient (Wildman–Crippen LogP) is 1.96. The quantitative estimate of drug-likeness (QED) is 0.590. The van der Waals surface area contributed by atoms with E-state index < -0.39 is 12.1 Å². The van der Waals surface area contributed by atoms with Gasteiger partial charge in [-0.05, 0) is 54.8 Å². The van der Waals surface area contributed by atoms with Gasteiger partial charge in [-0.25, -0.2) is 9.69 Å². The van der Waals surface area contributed by atoms with Gasteiger partial charge in [-0.1, -0.05) is 12.1 Å². The van der Waals surface area contributed by atoms with Crippen LogP contribution in [0.4, 0.5) is 10.5 Å². The highest BCUT2D eigenvalue weighted by molar-refractivity contribution is 6.21. The first-order valence-electron chi connectivity index (χ1n) is 9.31. The lowest BCUT2D eigenvalue weighted by atomic mass is 10.1. The Morgan fingerprint density at radius 3 is 2.48 bits per heavy atom. The third kappa shape index (κ3) is 5.04. The molecule has 0 spiro atoms. The summed E-state index contributed by atoms with van der Waals surface area (Å²) >= 11 is 0. The van der Waals surface area contributed by atoms with Crippen molar-refractivity contribution >= 4 is 23.5 Å². The number of aromatic hydroxyl groups is 1. The summed E-state index contributed by atoms with van der Waals surface area (Å²) in [5.74, 6) is 0.261. The Morgan fingerprint density at radius 2 is 1.83 bits per heavy atom. The smallest absolute Gasteiger partial charge is 0.329 e. The standard InChI is InChI=1S/C21H23N3O5/c1-29-17-8-4-15(5-9-17)24-20(27)18(23-21(24)28)10-11-19(26)22-13-12-14-2-6-16(25)7-3-14/h2-9,18,25H,10-13H2,1H3,(H,22,26)(H,23,28)/t18-/m1/s1. The number of hydrogen-bond acceptors (Lipinski definition) is 5. The van der Waals surface area contributed by atoms with Crippen LogP contribution in [0.2, 0.25) is 0 Å². The van der Waals surface area contributed by atoms with E-state index in [1.54, 1.807) is 48.5 Å². The van der Waals surface area contributed by atoms with Crippen molar-refractivity contribution in [2.24, 2.45) is 0 Å². The van der Waals surface area contributed by atoms with E-state index in [0.29, 0.717) is 24.4 Å². The number of rotatable bonds is 8. The van der Waals surface area contributed by atoms with E-state index in [0.717, 1.165) is 10.5 Å². The molecule has 0 bridgehead atoms. The fourth-order valence-electron chi connectivity index (χ4n) is 3.08. The van der Waals surface area contributed by atoms with E-state index in [4.69, 9.17) is 4.74 Å². The van der Waals surface area contributed by atoms with Crippen LogP contribution in [-0.4, -0.2) is 42.6 Å². The van der Waals surface area contributed by atoms with Crippen LogP contribution in [-0.2, 0) is 16.0 Å². The molecular weight excluding hydrogens is 374 g/mol. The van der Waals surface area contributed by atoms with Crippen molar-refractivity contribution in [3.8, 4) is 11.5 Å². The highest BCUT2D eigenvalue weighted by Crippen LogP contribution is 2.23. The van der Waals surface area contributed by atoms with Gasteiger partial charge in [0.2, 0.25) is 5.91 Å². The monoisotopic (exact) mass is 397 g/mol. The molecule has 0 aromatic heterocycles. The number of hydrogen-bond donors (Lipinski definition) is 3. The van der Waals surface area contributed by atoms with Gasteiger partial charge >= 0.3 is 6.03 Å².